The van der Waals surface area contributed by atoms with Gasteiger partial charge in [0.05, 0.1) is 0 Å². The van der Waals surface area contributed by atoms with Crippen LogP contribution in [-0.2, 0) is 5.60 Å². The molecule has 3 heteroatoms. The summed E-state index contributed by atoms with van der Waals surface area (Å²) in [6.45, 7) is 1.54. The number of hydrogen-bond acceptors (Lipinski definition) is 2. The van der Waals surface area contributed by atoms with Crippen molar-refractivity contribution < 1.29 is 14.2 Å². The lowest BCUT2D eigenvalue weighted by molar-refractivity contribution is 0.122. The highest BCUT2D eigenvalue weighted by Crippen LogP contribution is 2.25. The Morgan fingerprint density at radius 2 is 1.84 bits per heavy atom. The first-order valence-corrected chi connectivity index (χ1v) is 5.75. The zero-order valence-corrected chi connectivity index (χ0v) is 10.4. The molecule has 2 rings (SSSR count). The third kappa shape index (κ3) is 3.12. The van der Waals surface area contributed by atoms with Gasteiger partial charge in [-0.1, -0.05) is 24.1 Å². The molecule has 0 aromatic heterocycles. The smallest absolute Gasteiger partial charge is 0.147 e. The van der Waals surface area contributed by atoms with E-state index in [-0.39, 0.29) is 5.82 Å². The summed E-state index contributed by atoms with van der Waals surface area (Å²) in [6.07, 6.45) is 5.24. The highest BCUT2D eigenvalue weighted by atomic mass is 19.1. The molecule has 1 N–H and O–H groups in total. The third-order valence-corrected chi connectivity index (χ3v) is 2.73. The van der Waals surface area contributed by atoms with Crippen LogP contribution in [0.3, 0.4) is 0 Å². The van der Waals surface area contributed by atoms with Crippen molar-refractivity contribution in [1.82, 2.24) is 0 Å². The van der Waals surface area contributed by atoms with Gasteiger partial charge >= 0.3 is 0 Å². The standard InChI is InChI=1S/C16H13FO2/c1-3-16(2,18)12-7-9-14(10-8-12)19-15-6-4-5-13(17)11-15/h1,4-11,18H,2H3. The van der Waals surface area contributed by atoms with Crippen molar-refractivity contribution in [3.8, 4) is 23.8 Å². The number of terminal acetylenes is 1. The van der Waals surface area contributed by atoms with Crippen LogP contribution in [0.15, 0.2) is 48.5 Å². The summed E-state index contributed by atoms with van der Waals surface area (Å²) in [5, 5.41) is 9.89. The van der Waals surface area contributed by atoms with Gasteiger partial charge in [0.1, 0.15) is 22.9 Å². The molecule has 0 saturated carbocycles. The van der Waals surface area contributed by atoms with Crippen LogP contribution in [0.4, 0.5) is 4.39 Å². The van der Waals surface area contributed by atoms with Gasteiger partial charge in [-0.15, -0.1) is 6.42 Å². The summed E-state index contributed by atoms with van der Waals surface area (Å²) in [4.78, 5) is 0. The fourth-order valence-electron chi connectivity index (χ4n) is 1.60. The van der Waals surface area contributed by atoms with E-state index in [1.54, 1.807) is 36.4 Å². The Morgan fingerprint density at radius 1 is 1.16 bits per heavy atom. The predicted octanol–water partition coefficient (Wildman–Crippen LogP) is 3.46. The minimum atomic E-state index is -1.31. The number of halogens is 1. The van der Waals surface area contributed by atoms with E-state index in [9.17, 15) is 9.50 Å². The van der Waals surface area contributed by atoms with Crippen molar-refractivity contribution in [2.45, 2.75) is 12.5 Å². The van der Waals surface area contributed by atoms with Crippen LogP contribution in [-0.4, -0.2) is 5.11 Å². The summed E-state index contributed by atoms with van der Waals surface area (Å²) >= 11 is 0. The van der Waals surface area contributed by atoms with Crippen LogP contribution in [0.1, 0.15) is 12.5 Å². The molecule has 96 valence electrons. The van der Waals surface area contributed by atoms with Gasteiger partial charge in [-0.3, -0.25) is 0 Å². The number of aliphatic hydroxyl groups is 1. The topological polar surface area (TPSA) is 29.5 Å². The molecule has 2 aromatic rings. The Kier molecular flexibility index (Phi) is 3.55. The molecule has 19 heavy (non-hydrogen) atoms. The molecule has 0 amide bonds. The monoisotopic (exact) mass is 256 g/mol. The molecule has 0 saturated heterocycles. The molecule has 0 heterocycles. The molecule has 0 bridgehead atoms. The van der Waals surface area contributed by atoms with E-state index in [0.717, 1.165) is 0 Å². The lowest BCUT2D eigenvalue weighted by Gasteiger charge is -2.16. The van der Waals surface area contributed by atoms with Crippen molar-refractivity contribution in [1.29, 1.82) is 0 Å². The Morgan fingerprint density at radius 3 is 2.42 bits per heavy atom. The minimum absolute atomic E-state index is 0.357. The maximum atomic E-state index is 13.0. The van der Waals surface area contributed by atoms with Crippen molar-refractivity contribution in [3.05, 3.63) is 59.9 Å². The van der Waals surface area contributed by atoms with E-state index >= 15 is 0 Å². The third-order valence-electron chi connectivity index (χ3n) is 2.73. The van der Waals surface area contributed by atoms with Crippen LogP contribution < -0.4 is 4.74 Å². The first kappa shape index (κ1) is 13.1. The fraction of sp³-hybridized carbons (Fsp3) is 0.125. The van der Waals surface area contributed by atoms with Gasteiger partial charge in [0.2, 0.25) is 0 Å². The number of benzene rings is 2. The second-order valence-electron chi connectivity index (χ2n) is 4.30. The number of rotatable bonds is 3. The fourth-order valence-corrected chi connectivity index (χ4v) is 1.60. The highest BCUT2D eigenvalue weighted by Gasteiger charge is 2.19. The molecule has 1 unspecified atom stereocenters. The molecule has 0 radical (unpaired) electrons. The van der Waals surface area contributed by atoms with E-state index in [1.165, 1.54) is 19.1 Å². The first-order valence-electron chi connectivity index (χ1n) is 5.75. The van der Waals surface area contributed by atoms with Gasteiger partial charge in [0.25, 0.3) is 0 Å². The Labute approximate surface area is 111 Å². The van der Waals surface area contributed by atoms with Gasteiger partial charge < -0.3 is 9.84 Å². The van der Waals surface area contributed by atoms with Crippen LogP contribution in [0.2, 0.25) is 0 Å². The van der Waals surface area contributed by atoms with Gasteiger partial charge in [-0.25, -0.2) is 4.39 Å². The molecule has 2 aromatic carbocycles. The Bertz CT molecular complexity index is 609. The van der Waals surface area contributed by atoms with Crippen LogP contribution >= 0.6 is 0 Å². The van der Waals surface area contributed by atoms with Gasteiger partial charge in [0, 0.05) is 6.07 Å². The van der Waals surface area contributed by atoms with Crippen molar-refractivity contribution in [3.63, 3.8) is 0 Å². The van der Waals surface area contributed by atoms with E-state index < -0.39 is 5.60 Å². The largest absolute Gasteiger partial charge is 0.457 e. The predicted molar refractivity (Wildman–Crippen MR) is 71.3 cm³/mol. The second kappa shape index (κ2) is 5.13. The molecule has 0 aliphatic heterocycles. The molecule has 2 nitrogen and oxygen atoms in total. The molecule has 0 spiro atoms. The summed E-state index contributed by atoms with van der Waals surface area (Å²) < 4.78 is 18.5. The normalized spacial score (nSPS) is 13.4. The first-order chi connectivity index (χ1) is 9.01. The zero-order valence-electron chi connectivity index (χ0n) is 10.4. The molecule has 0 aliphatic carbocycles. The molecular formula is C16H13FO2. The Hall–Kier alpha value is -2.31. The average molecular weight is 256 g/mol. The quantitative estimate of drug-likeness (QED) is 0.852. The van der Waals surface area contributed by atoms with Gasteiger partial charge in [0.15, 0.2) is 0 Å². The van der Waals surface area contributed by atoms with E-state index in [4.69, 9.17) is 11.2 Å². The van der Waals surface area contributed by atoms with E-state index in [0.29, 0.717) is 17.1 Å². The summed E-state index contributed by atoms with van der Waals surface area (Å²) in [7, 11) is 0. The zero-order chi connectivity index (χ0) is 13.9. The summed E-state index contributed by atoms with van der Waals surface area (Å²) in [5.41, 5.74) is -0.709. The lowest BCUT2D eigenvalue weighted by atomic mass is 9.97. The van der Waals surface area contributed by atoms with Gasteiger partial charge in [-0.2, -0.15) is 0 Å². The van der Waals surface area contributed by atoms with Gasteiger partial charge in [-0.05, 0) is 36.8 Å². The molecule has 0 fully saturated rings. The van der Waals surface area contributed by atoms with Crippen LogP contribution in [0.5, 0.6) is 11.5 Å². The number of hydrogen-bond donors (Lipinski definition) is 1. The van der Waals surface area contributed by atoms with E-state index in [2.05, 4.69) is 5.92 Å². The summed E-state index contributed by atoms with van der Waals surface area (Å²) in [6, 6.07) is 12.6. The minimum Gasteiger partial charge on any atom is -0.457 e. The molecular weight excluding hydrogens is 243 g/mol. The van der Waals surface area contributed by atoms with Crippen molar-refractivity contribution >= 4 is 0 Å². The van der Waals surface area contributed by atoms with Crippen LogP contribution in [0, 0.1) is 18.2 Å². The van der Waals surface area contributed by atoms with Crippen LogP contribution in [0.25, 0.3) is 0 Å². The van der Waals surface area contributed by atoms with E-state index in [1.807, 2.05) is 0 Å². The highest BCUT2D eigenvalue weighted by molar-refractivity contribution is 5.37. The average Bonchev–Trinajstić information content (AvgIpc) is 2.39. The maximum absolute atomic E-state index is 13.0. The van der Waals surface area contributed by atoms with Crippen molar-refractivity contribution in [2.75, 3.05) is 0 Å². The molecule has 0 aliphatic rings. The summed E-state index contributed by atoms with van der Waals surface area (Å²) in [5.74, 6) is 2.90. The Balaban J connectivity index is 2.18. The molecule has 1 atom stereocenters. The second-order valence-corrected chi connectivity index (χ2v) is 4.30. The lowest BCUT2D eigenvalue weighted by Crippen LogP contribution is -2.17. The maximum Gasteiger partial charge on any atom is 0.147 e. The number of ether oxygens (including phenoxy) is 1. The van der Waals surface area contributed by atoms with Crippen molar-refractivity contribution in [2.24, 2.45) is 0 Å². The SMILES string of the molecule is C#CC(C)(O)c1ccc(Oc2cccc(F)c2)cc1.